The van der Waals surface area contributed by atoms with E-state index in [9.17, 15) is 0 Å². The summed E-state index contributed by atoms with van der Waals surface area (Å²) < 4.78 is 5.31. The molecular formula is C11H20N2OS. The van der Waals surface area contributed by atoms with Crippen molar-refractivity contribution in [2.45, 2.75) is 25.9 Å². The number of hydrogen-bond acceptors (Lipinski definition) is 4. The molecule has 86 valence electrons. The van der Waals surface area contributed by atoms with E-state index in [1.165, 1.54) is 12.8 Å². The molecule has 1 fully saturated rings. The molecule has 1 aliphatic heterocycles. The number of rotatable bonds is 5. The van der Waals surface area contributed by atoms with Gasteiger partial charge in [0, 0.05) is 19.6 Å². The van der Waals surface area contributed by atoms with E-state index in [2.05, 4.69) is 30.5 Å². The number of hydrogen-bond donors (Lipinski definition) is 1. The van der Waals surface area contributed by atoms with E-state index >= 15 is 0 Å². The van der Waals surface area contributed by atoms with Crippen LogP contribution in [0.3, 0.4) is 0 Å². The third-order valence-electron chi connectivity index (χ3n) is 2.77. The molecule has 0 amide bonds. The fraction of sp³-hybridized carbons (Fsp3) is 0.909. The van der Waals surface area contributed by atoms with Crippen LogP contribution < -0.4 is 0 Å². The summed E-state index contributed by atoms with van der Waals surface area (Å²) in [5.74, 6) is 1.58. The van der Waals surface area contributed by atoms with Gasteiger partial charge >= 0.3 is 0 Å². The molecule has 0 radical (unpaired) electrons. The molecule has 1 heterocycles. The third kappa shape index (κ3) is 4.42. The van der Waals surface area contributed by atoms with E-state index in [4.69, 9.17) is 10.00 Å². The van der Waals surface area contributed by atoms with Gasteiger partial charge in [-0.15, -0.1) is 0 Å². The maximum atomic E-state index is 8.79. The summed E-state index contributed by atoms with van der Waals surface area (Å²) in [4.78, 5) is 2.33. The van der Waals surface area contributed by atoms with Crippen molar-refractivity contribution >= 4 is 12.6 Å². The summed E-state index contributed by atoms with van der Waals surface area (Å²) in [6, 6.07) is 2.17. The van der Waals surface area contributed by atoms with Crippen molar-refractivity contribution < 1.29 is 4.74 Å². The fourth-order valence-corrected chi connectivity index (χ4v) is 2.26. The molecule has 1 saturated heterocycles. The van der Waals surface area contributed by atoms with Crippen molar-refractivity contribution in [3.63, 3.8) is 0 Å². The van der Waals surface area contributed by atoms with E-state index in [1.807, 2.05) is 0 Å². The monoisotopic (exact) mass is 228 g/mol. The number of nitriles is 1. The lowest BCUT2D eigenvalue weighted by Crippen LogP contribution is -2.44. The first kappa shape index (κ1) is 12.8. The number of morpholine rings is 1. The maximum absolute atomic E-state index is 8.79. The zero-order chi connectivity index (χ0) is 11.1. The van der Waals surface area contributed by atoms with Crippen LogP contribution in [0.15, 0.2) is 0 Å². The molecular weight excluding hydrogens is 208 g/mol. The van der Waals surface area contributed by atoms with Gasteiger partial charge in [0.25, 0.3) is 0 Å². The van der Waals surface area contributed by atoms with Gasteiger partial charge in [-0.2, -0.15) is 17.9 Å². The van der Waals surface area contributed by atoms with Crippen LogP contribution in [-0.4, -0.2) is 43.0 Å². The van der Waals surface area contributed by atoms with Crippen LogP contribution in [0.5, 0.6) is 0 Å². The minimum absolute atomic E-state index is 0.235. The number of thiol groups is 1. The molecule has 0 aromatic rings. The summed E-state index contributed by atoms with van der Waals surface area (Å²) >= 11 is 4.37. The molecule has 2 unspecified atom stereocenters. The minimum atomic E-state index is -0.235. The summed E-state index contributed by atoms with van der Waals surface area (Å²) in [5.41, 5.74) is 0. The molecule has 0 N–H and O–H groups in total. The van der Waals surface area contributed by atoms with Crippen molar-refractivity contribution in [3.8, 4) is 6.07 Å². The number of ether oxygens (including phenoxy) is 1. The predicted molar refractivity (Wildman–Crippen MR) is 64.0 cm³/mol. The zero-order valence-electron chi connectivity index (χ0n) is 9.35. The van der Waals surface area contributed by atoms with Crippen LogP contribution in [0.4, 0.5) is 0 Å². The van der Waals surface area contributed by atoms with Gasteiger partial charge in [-0.1, -0.05) is 13.3 Å². The zero-order valence-corrected chi connectivity index (χ0v) is 10.2. The van der Waals surface area contributed by atoms with Crippen molar-refractivity contribution in [1.29, 1.82) is 5.26 Å². The summed E-state index contributed by atoms with van der Waals surface area (Å²) in [5, 5.41) is 8.79. The summed E-state index contributed by atoms with van der Waals surface area (Å²) in [6.07, 6.45) is 2.19. The average molecular weight is 228 g/mol. The molecule has 2 atom stereocenters. The third-order valence-corrected chi connectivity index (χ3v) is 3.28. The maximum Gasteiger partial charge on any atom is 0.156 e. The van der Waals surface area contributed by atoms with E-state index in [0.29, 0.717) is 12.5 Å². The molecule has 0 aliphatic carbocycles. The first-order valence-corrected chi connectivity index (χ1v) is 6.27. The Hall–Kier alpha value is -0.240. The molecule has 0 spiro atoms. The Morgan fingerprint density at radius 1 is 1.67 bits per heavy atom. The second-order valence-corrected chi connectivity index (χ2v) is 4.45. The Balaban J connectivity index is 2.33. The topological polar surface area (TPSA) is 36.3 Å². The largest absolute Gasteiger partial charge is 0.361 e. The van der Waals surface area contributed by atoms with Crippen LogP contribution >= 0.6 is 12.6 Å². The second kappa shape index (κ2) is 7.10. The molecule has 4 heteroatoms. The van der Waals surface area contributed by atoms with Crippen molar-refractivity contribution in [1.82, 2.24) is 4.90 Å². The first-order valence-electron chi connectivity index (χ1n) is 5.64. The van der Waals surface area contributed by atoms with E-state index in [-0.39, 0.29) is 6.10 Å². The fourth-order valence-electron chi connectivity index (χ4n) is 1.96. The average Bonchev–Trinajstić information content (AvgIpc) is 2.29. The number of nitrogens with zero attached hydrogens (tertiary/aromatic N) is 2. The quantitative estimate of drug-likeness (QED) is 0.725. The lowest BCUT2D eigenvalue weighted by molar-refractivity contribution is -0.00431. The molecule has 0 saturated carbocycles. The van der Waals surface area contributed by atoms with Gasteiger partial charge in [0.2, 0.25) is 0 Å². The second-order valence-electron chi connectivity index (χ2n) is 4.09. The normalized spacial score (nSPS) is 24.7. The van der Waals surface area contributed by atoms with Gasteiger partial charge < -0.3 is 4.74 Å². The van der Waals surface area contributed by atoms with E-state index in [0.717, 1.165) is 25.4 Å². The standard InChI is InChI=1S/C11H20N2OS/c1-2-3-10(9-15)7-13-4-5-14-11(6-12)8-13/h10-11,15H,2-5,7-9H2,1H3. The lowest BCUT2D eigenvalue weighted by atomic mass is 10.0. The van der Waals surface area contributed by atoms with Gasteiger partial charge in [0.1, 0.15) is 0 Å². The van der Waals surface area contributed by atoms with Crippen LogP contribution in [-0.2, 0) is 4.74 Å². The highest BCUT2D eigenvalue weighted by molar-refractivity contribution is 7.80. The van der Waals surface area contributed by atoms with Gasteiger partial charge in [0.15, 0.2) is 6.10 Å². The van der Waals surface area contributed by atoms with Crippen LogP contribution in [0.2, 0.25) is 0 Å². The summed E-state index contributed by atoms with van der Waals surface area (Å²) in [6.45, 7) is 5.65. The Bertz CT molecular complexity index is 217. The Labute approximate surface area is 97.8 Å². The lowest BCUT2D eigenvalue weighted by Gasteiger charge is -2.32. The SMILES string of the molecule is CCCC(CS)CN1CCOC(C#N)C1. The van der Waals surface area contributed by atoms with Crippen molar-refractivity contribution in [2.24, 2.45) is 5.92 Å². The van der Waals surface area contributed by atoms with E-state index < -0.39 is 0 Å². The van der Waals surface area contributed by atoms with Crippen LogP contribution in [0.25, 0.3) is 0 Å². The molecule has 1 rings (SSSR count). The highest BCUT2D eigenvalue weighted by Gasteiger charge is 2.21. The molecule has 0 bridgehead atoms. The highest BCUT2D eigenvalue weighted by atomic mass is 32.1. The van der Waals surface area contributed by atoms with Gasteiger partial charge in [-0.3, -0.25) is 4.90 Å². The van der Waals surface area contributed by atoms with Crippen molar-refractivity contribution in [2.75, 3.05) is 32.0 Å². The highest BCUT2D eigenvalue weighted by Crippen LogP contribution is 2.13. The van der Waals surface area contributed by atoms with Gasteiger partial charge in [-0.25, -0.2) is 0 Å². The smallest absolute Gasteiger partial charge is 0.156 e. The molecule has 0 aromatic heterocycles. The summed E-state index contributed by atoms with van der Waals surface area (Å²) in [7, 11) is 0. The molecule has 1 aliphatic rings. The van der Waals surface area contributed by atoms with Gasteiger partial charge in [0.05, 0.1) is 12.7 Å². The molecule has 3 nitrogen and oxygen atoms in total. The molecule has 0 aromatic carbocycles. The van der Waals surface area contributed by atoms with Crippen LogP contribution in [0, 0.1) is 17.2 Å². The van der Waals surface area contributed by atoms with Crippen LogP contribution in [0.1, 0.15) is 19.8 Å². The van der Waals surface area contributed by atoms with Crippen molar-refractivity contribution in [3.05, 3.63) is 0 Å². The Kier molecular flexibility index (Phi) is 6.07. The minimum Gasteiger partial charge on any atom is -0.361 e. The Morgan fingerprint density at radius 2 is 2.47 bits per heavy atom. The molecule has 15 heavy (non-hydrogen) atoms. The first-order chi connectivity index (χ1) is 7.30. The van der Waals surface area contributed by atoms with Gasteiger partial charge in [-0.05, 0) is 18.1 Å². The van der Waals surface area contributed by atoms with E-state index in [1.54, 1.807) is 0 Å². The Morgan fingerprint density at radius 3 is 3.07 bits per heavy atom. The predicted octanol–water partition coefficient (Wildman–Crippen LogP) is 1.56.